The molecule has 0 bridgehead atoms. The van der Waals surface area contributed by atoms with Crippen LogP contribution in [0.5, 0.6) is 0 Å². The summed E-state index contributed by atoms with van der Waals surface area (Å²) in [4.78, 5) is 17.5. The van der Waals surface area contributed by atoms with E-state index in [0.717, 1.165) is 17.0 Å². The van der Waals surface area contributed by atoms with E-state index >= 15 is 0 Å². The van der Waals surface area contributed by atoms with Crippen LogP contribution in [-0.4, -0.2) is 9.55 Å². The van der Waals surface area contributed by atoms with Crippen molar-refractivity contribution in [1.82, 2.24) is 9.55 Å². The summed E-state index contributed by atoms with van der Waals surface area (Å²) in [7, 11) is 0. The van der Waals surface area contributed by atoms with Gasteiger partial charge in [0.15, 0.2) is 0 Å². The van der Waals surface area contributed by atoms with Crippen molar-refractivity contribution >= 4 is 22.5 Å². The SMILES string of the molecule is CCc1nc2cccc(Cl)c2c(=O)n1Cc1ccccc1C. The second-order valence-corrected chi connectivity index (χ2v) is 5.74. The van der Waals surface area contributed by atoms with Gasteiger partial charge in [0.05, 0.1) is 22.5 Å². The summed E-state index contributed by atoms with van der Waals surface area (Å²) in [5.41, 5.74) is 2.87. The minimum absolute atomic E-state index is 0.0734. The summed E-state index contributed by atoms with van der Waals surface area (Å²) in [5, 5.41) is 0.950. The van der Waals surface area contributed by atoms with Gasteiger partial charge in [-0.2, -0.15) is 0 Å². The predicted molar refractivity (Wildman–Crippen MR) is 90.7 cm³/mol. The van der Waals surface area contributed by atoms with Crippen LogP contribution in [0.15, 0.2) is 47.3 Å². The third-order valence-corrected chi connectivity index (χ3v) is 4.23. The Labute approximate surface area is 134 Å². The molecule has 22 heavy (non-hydrogen) atoms. The predicted octanol–water partition coefficient (Wildman–Crippen LogP) is 3.97. The second-order valence-electron chi connectivity index (χ2n) is 5.33. The van der Waals surface area contributed by atoms with Crippen molar-refractivity contribution in [2.45, 2.75) is 26.8 Å². The molecule has 0 amide bonds. The van der Waals surface area contributed by atoms with E-state index in [0.29, 0.717) is 28.9 Å². The molecule has 0 saturated carbocycles. The zero-order chi connectivity index (χ0) is 15.7. The first-order valence-corrected chi connectivity index (χ1v) is 7.72. The average molecular weight is 313 g/mol. The van der Waals surface area contributed by atoms with Gasteiger partial charge in [-0.3, -0.25) is 9.36 Å². The topological polar surface area (TPSA) is 34.9 Å². The van der Waals surface area contributed by atoms with Gasteiger partial charge in [-0.25, -0.2) is 4.98 Å². The van der Waals surface area contributed by atoms with Gasteiger partial charge in [0, 0.05) is 6.42 Å². The summed E-state index contributed by atoms with van der Waals surface area (Å²) in [6, 6.07) is 13.5. The Hall–Kier alpha value is -2.13. The molecule has 1 aromatic heterocycles. The number of rotatable bonds is 3. The molecule has 3 rings (SSSR count). The van der Waals surface area contributed by atoms with Gasteiger partial charge in [-0.15, -0.1) is 0 Å². The molecule has 0 N–H and O–H groups in total. The maximum absolute atomic E-state index is 12.9. The van der Waals surface area contributed by atoms with Gasteiger partial charge >= 0.3 is 0 Å². The van der Waals surface area contributed by atoms with Crippen molar-refractivity contribution in [2.24, 2.45) is 0 Å². The van der Waals surface area contributed by atoms with E-state index < -0.39 is 0 Å². The standard InChI is InChI=1S/C18H17ClN2O/c1-3-16-20-15-10-6-9-14(19)17(15)18(22)21(16)11-13-8-5-4-7-12(13)2/h4-10H,3,11H2,1-2H3. The first kappa shape index (κ1) is 14.8. The molecule has 0 saturated heterocycles. The molecular weight excluding hydrogens is 296 g/mol. The summed E-state index contributed by atoms with van der Waals surface area (Å²) < 4.78 is 1.73. The van der Waals surface area contributed by atoms with E-state index in [-0.39, 0.29) is 5.56 Å². The number of nitrogens with zero attached hydrogens (tertiary/aromatic N) is 2. The van der Waals surface area contributed by atoms with E-state index in [9.17, 15) is 4.79 Å². The maximum atomic E-state index is 12.9. The van der Waals surface area contributed by atoms with Crippen LogP contribution in [0.2, 0.25) is 5.02 Å². The molecule has 0 spiro atoms. The van der Waals surface area contributed by atoms with E-state index in [1.165, 1.54) is 0 Å². The highest BCUT2D eigenvalue weighted by atomic mass is 35.5. The van der Waals surface area contributed by atoms with Gasteiger partial charge < -0.3 is 0 Å². The van der Waals surface area contributed by atoms with Crippen LogP contribution in [0.1, 0.15) is 23.9 Å². The Morgan fingerprint density at radius 1 is 1.14 bits per heavy atom. The maximum Gasteiger partial charge on any atom is 0.263 e. The van der Waals surface area contributed by atoms with E-state index in [1.807, 2.05) is 50.2 Å². The summed E-state index contributed by atoms with van der Waals surface area (Å²) in [6.07, 6.45) is 0.698. The fraction of sp³-hybridized carbons (Fsp3) is 0.222. The molecule has 4 heteroatoms. The number of aromatic nitrogens is 2. The Kier molecular flexibility index (Phi) is 3.99. The van der Waals surface area contributed by atoms with E-state index in [4.69, 9.17) is 11.6 Å². The smallest absolute Gasteiger partial charge is 0.263 e. The summed E-state index contributed by atoms with van der Waals surface area (Å²) in [6.45, 7) is 4.57. The van der Waals surface area contributed by atoms with Crippen molar-refractivity contribution in [1.29, 1.82) is 0 Å². The molecule has 112 valence electrons. The molecule has 2 aromatic carbocycles. The second kappa shape index (κ2) is 5.93. The van der Waals surface area contributed by atoms with Gasteiger partial charge in [0.25, 0.3) is 5.56 Å². The van der Waals surface area contributed by atoms with E-state index in [2.05, 4.69) is 4.98 Å². The zero-order valence-corrected chi connectivity index (χ0v) is 13.4. The van der Waals surface area contributed by atoms with Gasteiger partial charge in [-0.05, 0) is 30.2 Å². The van der Waals surface area contributed by atoms with Crippen molar-refractivity contribution in [3.8, 4) is 0 Å². The lowest BCUT2D eigenvalue weighted by Gasteiger charge is -2.14. The van der Waals surface area contributed by atoms with Gasteiger partial charge in [0.2, 0.25) is 0 Å². The zero-order valence-electron chi connectivity index (χ0n) is 12.6. The molecule has 3 nitrogen and oxygen atoms in total. The third kappa shape index (κ3) is 2.53. The Balaban J connectivity index is 2.24. The lowest BCUT2D eigenvalue weighted by molar-refractivity contribution is 0.684. The molecule has 0 radical (unpaired) electrons. The monoisotopic (exact) mass is 312 g/mol. The first-order valence-electron chi connectivity index (χ1n) is 7.34. The Bertz CT molecular complexity index is 899. The van der Waals surface area contributed by atoms with Crippen LogP contribution in [0, 0.1) is 6.92 Å². The fourth-order valence-corrected chi connectivity index (χ4v) is 2.91. The number of halogens is 1. The molecule has 1 heterocycles. The lowest BCUT2D eigenvalue weighted by Crippen LogP contribution is -2.26. The molecule has 0 atom stereocenters. The highest BCUT2D eigenvalue weighted by molar-refractivity contribution is 6.35. The highest BCUT2D eigenvalue weighted by Crippen LogP contribution is 2.19. The molecule has 0 aliphatic rings. The van der Waals surface area contributed by atoms with Crippen molar-refractivity contribution in [3.63, 3.8) is 0 Å². The van der Waals surface area contributed by atoms with E-state index in [1.54, 1.807) is 10.6 Å². The average Bonchev–Trinajstić information content (AvgIpc) is 2.51. The molecule has 0 unspecified atom stereocenters. The highest BCUT2D eigenvalue weighted by Gasteiger charge is 2.13. The van der Waals surface area contributed by atoms with Gasteiger partial charge in [0.1, 0.15) is 5.82 Å². The quantitative estimate of drug-likeness (QED) is 0.733. The van der Waals surface area contributed by atoms with Crippen molar-refractivity contribution in [2.75, 3.05) is 0 Å². The van der Waals surface area contributed by atoms with Gasteiger partial charge in [-0.1, -0.05) is 48.9 Å². The molecule has 3 aromatic rings. The van der Waals surface area contributed by atoms with Crippen LogP contribution in [0.3, 0.4) is 0 Å². The Morgan fingerprint density at radius 3 is 2.64 bits per heavy atom. The number of hydrogen-bond donors (Lipinski definition) is 0. The van der Waals surface area contributed by atoms with Crippen LogP contribution >= 0.6 is 11.6 Å². The number of fused-ring (bicyclic) bond motifs is 1. The summed E-state index contributed by atoms with van der Waals surface area (Å²) >= 11 is 6.21. The Morgan fingerprint density at radius 2 is 1.91 bits per heavy atom. The largest absolute Gasteiger partial charge is 0.292 e. The fourth-order valence-electron chi connectivity index (χ4n) is 2.66. The molecular formula is C18H17ClN2O. The van der Waals surface area contributed by atoms with Crippen molar-refractivity contribution < 1.29 is 0 Å². The molecule has 0 aliphatic heterocycles. The van der Waals surface area contributed by atoms with Crippen LogP contribution in [-0.2, 0) is 13.0 Å². The molecule has 0 fully saturated rings. The summed E-state index contributed by atoms with van der Waals surface area (Å²) in [5.74, 6) is 0.781. The normalized spacial score (nSPS) is 11.0. The van der Waals surface area contributed by atoms with Crippen molar-refractivity contribution in [3.05, 3.63) is 74.8 Å². The lowest BCUT2D eigenvalue weighted by atomic mass is 10.1. The van der Waals surface area contributed by atoms with Crippen LogP contribution in [0.25, 0.3) is 10.9 Å². The number of benzene rings is 2. The minimum Gasteiger partial charge on any atom is -0.292 e. The molecule has 0 aliphatic carbocycles. The van der Waals surface area contributed by atoms with Crippen LogP contribution < -0.4 is 5.56 Å². The van der Waals surface area contributed by atoms with Crippen LogP contribution in [0.4, 0.5) is 0 Å². The first-order chi connectivity index (χ1) is 10.6. The number of hydrogen-bond acceptors (Lipinski definition) is 2. The minimum atomic E-state index is -0.0734. The third-order valence-electron chi connectivity index (χ3n) is 3.92. The number of aryl methyl sites for hydroxylation is 2.